The molecule has 0 saturated heterocycles. The Balaban J connectivity index is 1.89. The van der Waals surface area contributed by atoms with Crippen molar-refractivity contribution < 1.29 is 4.79 Å². The molecular weight excluding hydrogens is 329 g/mol. The second-order valence-corrected chi connectivity index (χ2v) is 6.22. The number of fused-ring (bicyclic) bond motifs is 1. The van der Waals surface area contributed by atoms with Gasteiger partial charge in [0.2, 0.25) is 0 Å². The number of anilines is 2. The van der Waals surface area contributed by atoms with Crippen LogP contribution in [-0.2, 0) is 0 Å². The van der Waals surface area contributed by atoms with Crippen LogP contribution in [-0.4, -0.2) is 10.9 Å². The van der Waals surface area contributed by atoms with Crippen LogP contribution in [0.3, 0.4) is 0 Å². The first kappa shape index (κ1) is 14.1. The monoisotopic (exact) mass is 337 g/mol. The summed E-state index contributed by atoms with van der Waals surface area (Å²) in [6.45, 7) is 0. The number of thiazole rings is 1. The molecular formula is C14H9Cl2N3OS. The second-order valence-electron chi connectivity index (χ2n) is 4.32. The summed E-state index contributed by atoms with van der Waals surface area (Å²) >= 11 is 13.1. The minimum atomic E-state index is -0.325. The van der Waals surface area contributed by atoms with Crippen molar-refractivity contribution in [2.75, 3.05) is 11.1 Å². The summed E-state index contributed by atoms with van der Waals surface area (Å²) in [7, 11) is 0. The van der Waals surface area contributed by atoms with Crippen LogP contribution in [0, 0.1) is 0 Å². The summed E-state index contributed by atoms with van der Waals surface area (Å²) in [5.74, 6) is -0.325. The number of carbonyl (C=O) groups is 1. The lowest BCUT2D eigenvalue weighted by atomic mass is 10.2. The number of rotatable bonds is 2. The first-order chi connectivity index (χ1) is 10.0. The highest BCUT2D eigenvalue weighted by Crippen LogP contribution is 2.29. The van der Waals surface area contributed by atoms with Crippen molar-refractivity contribution in [2.24, 2.45) is 0 Å². The second kappa shape index (κ2) is 5.52. The van der Waals surface area contributed by atoms with Gasteiger partial charge in [0.15, 0.2) is 5.13 Å². The van der Waals surface area contributed by atoms with E-state index in [1.807, 2.05) is 0 Å². The van der Waals surface area contributed by atoms with Gasteiger partial charge in [-0.3, -0.25) is 10.1 Å². The van der Waals surface area contributed by atoms with Gasteiger partial charge in [-0.1, -0.05) is 34.5 Å². The number of nitrogen functional groups attached to an aromatic ring is 1. The van der Waals surface area contributed by atoms with E-state index >= 15 is 0 Å². The highest BCUT2D eigenvalue weighted by molar-refractivity contribution is 7.22. The van der Waals surface area contributed by atoms with E-state index in [9.17, 15) is 4.79 Å². The molecule has 3 N–H and O–H groups in total. The lowest BCUT2D eigenvalue weighted by Crippen LogP contribution is -2.13. The highest BCUT2D eigenvalue weighted by atomic mass is 35.5. The Labute approximate surface area is 134 Å². The van der Waals surface area contributed by atoms with E-state index in [4.69, 9.17) is 28.9 Å². The fraction of sp³-hybridized carbons (Fsp3) is 0. The van der Waals surface area contributed by atoms with Gasteiger partial charge in [0.05, 0.1) is 15.8 Å². The molecule has 7 heteroatoms. The van der Waals surface area contributed by atoms with Gasteiger partial charge in [0.25, 0.3) is 5.91 Å². The zero-order valence-corrected chi connectivity index (χ0v) is 12.9. The maximum Gasteiger partial charge on any atom is 0.259 e. The van der Waals surface area contributed by atoms with Crippen molar-refractivity contribution in [1.29, 1.82) is 0 Å². The van der Waals surface area contributed by atoms with Crippen LogP contribution < -0.4 is 11.1 Å². The van der Waals surface area contributed by atoms with Crippen molar-refractivity contribution >= 4 is 61.5 Å². The van der Waals surface area contributed by atoms with Crippen LogP contribution in [0.5, 0.6) is 0 Å². The van der Waals surface area contributed by atoms with Gasteiger partial charge in [0, 0.05) is 15.7 Å². The SMILES string of the molecule is Nc1cc(Cl)ccc1C(=O)Nc1nc2ccc(Cl)cc2s1. The van der Waals surface area contributed by atoms with Crippen molar-refractivity contribution in [3.8, 4) is 0 Å². The summed E-state index contributed by atoms with van der Waals surface area (Å²) in [4.78, 5) is 16.5. The number of aromatic nitrogens is 1. The molecule has 0 unspecified atom stereocenters. The molecule has 0 fully saturated rings. The average molecular weight is 338 g/mol. The van der Waals surface area contributed by atoms with Crippen molar-refractivity contribution in [3.63, 3.8) is 0 Å². The Morgan fingerprint density at radius 3 is 2.62 bits per heavy atom. The molecule has 2 aromatic carbocycles. The Morgan fingerprint density at radius 1 is 1.14 bits per heavy atom. The molecule has 1 amide bonds. The van der Waals surface area contributed by atoms with E-state index < -0.39 is 0 Å². The maximum atomic E-state index is 12.2. The largest absolute Gasteiger partial charge is 0.398 e. The van der Waals surface area contributed by atoms with Gasteiger partial charge in [-0.05, 0) is 36.4 Å². The first-order valence-corrected chi connectivity index (χ1v) is 7.52. The van der Waals surface area contributed by atoms with Gasteiger partial charge in [-0.2, -0.15) is 0 Å². The molecule has 0 saturated carbocycles. The van der Waals surface area contributed by atoms with Crippen LogP contribution in [0.15, 0.2) is 36.4 Å². The van der Waals surface area contributed by atoms with Gasteiger partial charge < -0.3 is 5.73 Å². The van der Waals surface area contributed by atoms with Crippen molar-refractivity contribution in [2.45, 2.75) is 0 Å². The molecule has 0 aliphatic carbocycles. The summed E-state index contributed by atoms with van der Waals surface area (Å²) < 4.78 is 0.905. The normalized spacial score (nSPS) is 10.8. The molecule has 0 bridgehead atoms. The van der Waals surface area contributed by atoms with E-state index in [1.165, 1.54) is 17.4 Å². The van der Waals surface area contributed by atoms with Gasteiger partial charge in [-0.25, -0.2) is 4.98 Å². The van der Waals surface area contributed by atoms with Gasteiger partial charge >= 0.3 is 0 Å². The Morgan fingerprint density at radius 2 is 1.86 bits per heavy atom. The molecule has 0 atom stereocenters. The van der Waals surface area contributed by atoms with Crippen molar-refractivity contribution in [3.05, 3.63) is 52.0 Å². The summed E-state index contributed by atoms with van der Waals surface area (Å²) in [6.07, 6.45) is 0. The van der Waals surface area contributed by atoms with E-state index in [-0.39, 0.29) is 5.91 Å². The molecule has 1 heterocycles. The number of nitrogens with one attached hydrogen (secondary N) is 1. The van der Waals surface area contributed by atoms with E-state index in [0.29, 0.717) is 26.4 Å². The number of amides is 1. The maximum absolute atomic E-state index is 12.2. The number of nitrogens with zero attached hydrogens (tertiary/aromatic N) is 1. The third-order valence-corrected chi connectivity index (χ3v) is 4.23. The molecule has 3 aromatic rings. The molecule has 1 aromatic heterocycles. The number of hydrogen-bond donors (Lipinski definition) is 2. The zero-order chi connectivity index (χ0) is 15.0. The zero-order valence-electron chi connectivity index (χ0n) is 10.6. The molecule has 0 aliphatic rings. The smallest absolute Gasteiger partial charge is 0.259 e. The lowest BCUT2D eigenvalue weighted by molar-refractivity contribution is 0.102. The summed E-state index contributed by atoms with van der Waals surface area (Å²) in [5.41, 5.74) is 7.25. The summed E-state index contributed by atoms with van der Waals surface area (Å²) in [6, 6.07) is 10.1. The number of carbonyl (C=O) groups excluding carboxylic acids is 1. The quantitative estimate of drug-likeness (QED) is 0.679. The minimum absolute atomic E-state index is 0.323. The predicted octanol–water partition coefficient (Wildman–Crippen LogP) is 4.44. The first-order valence-electron chi connectivity index (χ1n) is 5.95. The van der Waals surface area contributed by atoms with Crippen LogP contribution >= 0.6 is 34.5 Å². The number of nitrogens with two attached hydrogens (primary N) is 1. The Hall–Kier alpha value is -1.82. The van der Waals surface area contributed by atoms with Gasteiger partial charge in [-0.15, -0.1) is 0 Å². The standard InChI is InChI=1S/C14H9Cl2N3OS/c15-7-1-3-9(10(17)5-7)13(20)19-14-18-11-4-2-8(16)6-12(11)21-14/h1-6H,17H2,(H,18,19,20). The number of halogens is 2. The minimum Gasteiger partial charge on any atom is -0.398 e. The van der Waals surface area contributed by atoms with E-state index in [0.717, 1.165) is 10.2 Å². The fourth-order valence-corrected chi connectivity index (χ4v) is 3.17. The fourth-order valence-electron chi connectivity index (χ4n) is 1.86. The average Bonchev–Trinajstić information content (AvgIpc) is 2.79. The summed E-state index contributed by atoms with van der Waals surface area (Å²) in [5, 5.41) is 4.34. The van der Waals surface area contributed by atoms with Gasteiger partial charge in [0.1, 0.15) is 0 Å². The van der Waals surface area contributed by atoms with E-state index in [2.05, 4.69) is 10.3 Å². The predicted molar refractivity (Wildman–Crippen MR) is 88.4 cm³/mol. The third-order valence-electron chi connectivity index (χ3n) is 2.83. The molecule has 106 valence electrons. The van der Waals surface area contributed by atoms with Crippen LogP contribution in [0.4, 0.5) is 10.8 Å². The molecule has 4 nitrogen and oxygen atoms in total. The molecule has 3 rings (SSSR count). The van der Waals surface area contributed by atoms with E-state index in [1.54, 1.807) is 30.3 Å². The third kappa shape index (κ3) is 2.95. The van der Waals surface area contributed by atoms with Crippen LogP contribution in [0.2, 0.25) is 10.0 Å². The van der Waals surface area contributed by atoms with Crippen LogP contribution in [0.25, 0.3) is 10.2 Å². The molecule has 0 radical (unpaired) electrons. The lowest BCUT2D eigenvalue weighted by Gasteiger charge is -2.05. The molecule has 21 heavy (non-hydrogen) atoms. The Kier molecular flexibility index (Phi) is 3.71. The number of benzene rings is 2. The Bertz CT molecular complexity index is 847. The topological polar surface area (TPSA) is 68.0 Å². The highest BCUT2D eigenvalue weighted by Gasteiger charge is 2.13. The molecule has 0 spiro atoms. The molecule has 0 aliphatic heterocycles. The number of hydrogen-bond acceptors (Lipinski definition) is 4. The van der Waals surface area contributed by atoms with Crippen LogP contribution in [0.1, 0.15) is 10.4 Å². The van der Waals surface area contributed by atoms with Crippen molar-refractivity contribution in [1.82, 2.24) is 4.98 Å².